The van der Waals surface area contributed by atoms with Crippen LogP contribution in [0.4, 0.5) is 17.2 Å². The van der Waals surface area contributed by atoms with Gasteiger partial charge in [-0.25, -0.2) is 4.98 Å². The summed E-state index contributed by atoms with van der Waals surface area (Å²) in [7, 11) is 0. The van der Waals surface area contributed by atoms with Crippen LogP contribution >= 0.6 is 11.6 Å². The molecule has 0 unspecified atom stereocenters. The fraction of sp³-hybridized carbons (Fsp3) is 0.143. The van der Waals surface area contributed by atoms with Gasteiger partial charge in [-0.05, 0) is 48.9 Å². The van der Waals surface area contributed by atoms with E-state index in [2.05, 4.69) is 15.6 Å². The number of nitrogens with zero attached hydrogens (tertiary/aromatic N) is 1. The van der Waals surface area contributed by atoms with Crippen LogP contribution in [0.5, 0.6) is 11.5 Å². The maximum absolute atomic E-state index is 12.6. The zero-order valence-electron chi connectivity index (χ0n) is 15.2. The van der Waals surface area contributed by atoms with Crippen molar-refractivity contribution in [3.8, 4) is 11.5 Å². The fourth-order valence-electron chi connectivity index (χ4n) is 2.78. The van der Waals surface area contributed by atoms with Crippen molar-refractivity contribution in [1.82, 2.24) is 4.98 Å². The number of carbonyl (C=O) groups is 1. The Morgan fingerprint density at radius 1 is 1.00 bits per heavy atom. The lowest BCUT2D eigenvalue weighted by Gasteiger charge is -2.19. The van der Waals surface area contributed by atoms with Gasteiger partial charge in [0.2, 0.25) is 0 Å². The maximum Gasteiger partial charge on any atom is 0.255 e. The summed E-state index contributed by atoms with van der Waals surface area (Å²) in [6, 6.07) is 14.3. The maximum atomic E-state index is 12.6. The molecule has 0 saturated carbocycles. The van der Waals surface area contributed by atoms with Crippen molar-refractivity contribution in [2.75, 3.05) is 23.8 Å². The molecule has 0 spiro atoms. The summed E-state index contributed by atoms with van der Waals surface area (Å²) in [5.74, 6) is 1.60. The molecular weight excluding hydrogens is 378 g/mol. The molecule has 3 aromatic rings. The predicted molar refractivity (Wildman–Crippen MR) is 109 cm³/mol. The van der Waals surface area contributed by atoms with Crippen LogP contribution in [-0.4, -0.2) is 24.1 Å². The second-order valence-electron chi connectivity index (χ2n) is 6.33. The number of nitrogens with one attached hydrogen (secondary N) is 2. The van der Waals surface area contributed by atoms with Crippen molar-refractivity contribution in [2.24, 2.45) is 0 Å². The van der Waals surface area contributed by atoms with Gasteiger partial charge < -0.3 is 20.1 Å². The third-order valence-electron chi connectivity index (χ3n) is 4.27. The highest BCUT2D eigenvalue weighted by molar-refractivity contribution is 6.31. The minimum Gasteiger partial charge on any atom is -0.486 e. The van der Waals surface area contributed by atoms with Crippen LogP contribution in [0, 0.1) is 6.92 Å². The van der Waals surface area contributed by atoms with Gasteiger partial charge in [0.25, 0.3) is 5.91 Å². The molecule has 0 aliphatic carbocycles. The number of aryl methyl sites for hydroxylation is 1. The second kappa shape index (κ2) is 7.78. The van der Waals surface area contributed by atoms with Crippen LogP contribution in [0.1, 0.15) is 15.9 Å². The summed E-state index contributed by atoms with van der Waals surface area (Å²) in [4.78, 5) is 16.9. The molecule has 0 bridgehead atoms. The van der Waals surface area contributed by atoms with E-state index in [-0.39, 0.29) is 5.91 Å². The number of benzene rings is 2. The van der Waals surface area contributed by atoms with Crippen molar-refractivity contribution in [3.05, 3.63) is 70.9 Å². The van der Waals surface area contributed by atoms with Gasteiger partial charge >= 0.3 is 0 Å². The summed E-state index contributed by atoms with van der Waals surface area (Å²) in [5, 5.41) is 6.69. The first kappa shape index (κ1) is 18.1. The van der Waals surface area contributed by atoms with Crippen molar-refractivity contribution >= 4 is 34.7 Å². The van der Waals surface area contributed by atoms with E-state index in [0.29, 0.717) is 46.8 Å². The molecule has 1 aromatic heterocycles. The molecule has 0 atom stereocenters. The normalized spacial score (nSPS) is 12.4. The molecule has 1 aliphatic rings. The monoisotopic (exact) mass is 395 g/mol. The highest BCUT2D eigenvalue weighted by Gasteiger charge is 2.14. The lowest BCUT2D eigenvalue weighted by Crippen LogP contribution is -2.16. The van der Waals surface area contributed by atoms with Crippen LogP contribution in [0.25, 0.3) is 0 Å². The quantitative estimate of drug-likeness (QED) is 0.663. The summed E-state index contributed by atoms with van der Waals surface area (Å²) in [6.45, 7) is 2.96. The molecule has 6 nitrogen and oxygen atoms in total. The topological polar surface area (TPSA) is 72.5 Å². The van der Waals surface area contributed by atoms with Gasteiger partial charge in [0.05, 0.1) is 0 Å². The van der Waals surface area contributed by atoms with Gasteiger partial charge in [0.15, 0.2) is 11.5 Å². The van der Waals surface area contributed by atoms with Crippen LogP contribution in [0.3, 0.4) is 0 Å². The molecule has 2 aromatic carbocycles. The van der Waals surface area contributed by atoms with Gasteiger partial charge in [-0.1, -0.05) is 17.7 Å². The summed E-state index contributed by atoms with van der Waals surface area (Å²) < 4.78 is 11.0. The molecule has 1 amide bonds. The molecular formula is C21H18ClN3O3. The smallest absolute Gasteiger partial charge is 0.255 e. The molecule has 7 heteroatoms. The molecule has 0 radical (unpaired) electrons. The van der Waals surface area contributed by atoms with Crippen LogP contribution in [0.2, 0.25) is 5.02 Å². The van der Waals surface area contributed by atoms with E-state index in [1.807, 2.05) is 25.1 Å². The second-order valence-corrected chi connectivity index (χ2v) is 6.74. The number of amides is 1. The van der Waals surface area contributed by atoms with E-state index in [1.54, 1.807) is 36.5 Å². The number of ether oxygens (including phenoxy) is 2. The molecule has 1 aliphatic heterocycles. The first-order valence-electron chi connectivity index (χ1n) is 8.79. The Bertz CT molecular complexity index is 1040. The summed E-state index contributed by atoms with van der Waals surface area (Å²) in [5.41, 5.74) is 2.90. The Morgan fingerprint density at radius 3 is 2.61 bits per heavy atom. The minimum absolute atomic E-state index is 0.246. The number of pyridine rings is 1. The highest BCUT2D eigenvalue weighted by Crippen LogP contribution is 2.32. The van der Waals surface area contributed by atoms with Gasteiger partial charge in [0.1, 0.15) is 19.0 Å². The Kier molecular flexibility index (Phi) is 5.04. The third kappa shape index (κ3) is 4.02. The lowest BCUT2D eigenvalue weighted by atomic mass is 10.2. The van der Waals surface area contributed by atoms with E-state index >= 15 is 0 Å². The van der Waals surface area contributed by atoms with Crippen LogP contribution < -0.4 is 20.1 Å². The molecule has 2 heterocycles. The van der Waals surface area contributed by atoms with E-state index in [0.717, 1.165) is 11.3 Å². The van der Waals surface area contributed by atoms with Crippen molar-refractivity contribution in [2.45, 2.75) is 6.92 Å². The first-order valence-corrected chi connectivity index (χ1v) is 9.16. The molecule has 0 saturated heterocycles. The zero-order chi connectivity index (χ0) is 19.5. The molecule has 28 heavy (non-hydrogen) atoms. The van der Waals surface area contributed by atoms with Crippen LogP contribution in [-0.2, 0) is 0 Å². The Balaban J connectivity index is 1.49. The van der Waals surface area contributed by atoms with E-state index in [4.69, 9.17) is 21.1 Å². The number of carbonyl (C=O) groups excluding carboxylic acids is 1. The number of fused-ring (bicyclic) bond motifs is 1. The zero-order valence-corrected chi connectivity index (χ0v) is 15.9. The summed E-state index contributed by atoms with van der Waals surface area (Å²) in [6.07, 6.45) is 1.58. The SMILES string of the molecule is Cc1ccc(Nc2cc(C(=O)Nc3ccc4c(c3)OCCO4)ccn2)cc1Cl. The van der Waals surface area contributed by atoms with Crippen molar-refractivity contribution in [1.29, 1.82) is 0 Å². The average Bonchev–Trinajstić information content (AvgIpc) is 2.71. The molecule has 2 N–H and O–H groups in total. The highest BCUT2D eigenvalue weighted by atomic mass is 35.5. The van der Waals surface area contributed by atoms with E-state index in [9.17, 15) is 4.79 Å². The van der Waals surface area contributed by atoms with Gasteiger partial charge in [-0.15, -0.1) is 0 Å². The Hall–Kier alpha value is -3.25. The molecule has 0 fully saturated rings. The van der Waals surface area contributed by atoms with Crippen LogP contribution in [0.15, 0.2) is 54.7 Å². The Morgan fingerprint density at radius 2 is 1.79 bits per heavy atom. The molecule has 4 rings (SSSR count). The Labute approximate surface area is 167 Å². The standard InChI is InChI=1S/C21H18ClN3O3/c1-13-2-3-15(11-17(13)22)24-20-10-14(6-7-23-20)21(26)25-16-4-5-18-19(12-16)28-9-8-27-18/h2-7,10-12H,8-9H2,1H3,(H,23,24)(H,25,26). The van der Waals surface area contributed by atoms with E-state index in [1.165, 1.54) is 0 Å². The number of hydrogen-bond donors (Lipinski definition) is 2. The van der Waals surface area contributed by atoms with Crippen molar-refractivity contribution in [3.63, 3.8) is 0 Å². The summed E-state index contributed by atoms with van der Waals surface area (Å²) >= 11 is 6.16. The van der Waals surface area contributed by atoms with E-state index < -0.39 is 0 Å². The predicted octanol–water partition coefficient (Wildman–Crippen LogP) is 4.81. The minimum atomic E-state index is -0.246. The molecule has 142 valence electrons. The largest absolute Gasteiger partial charge is 0.486 e. The average molecular weight is 396 g/mol. The number of anilines is 3. The number of hydrogen-bond acceptors (Lipinski definition) is 5. The number of rotatable bonds is 4. The van der Waals surface area contributed by atoms with Gasteiger partial charge in [-0.3, -0.25) is 4.79 Å². The fourth-order valence-corrected chi connectivity index (χ4v) is 2.96. The van der Waals surface area contributed by atoms with Gasteiger partial charge in [-0.2, -0.15) is 0 Å². The first-order chi connectivity index (χ1) is 13.6. The van der Waals surface area contributed by atoms with Crippen molar-refractivity contribution < 1.29 is 14.3 Å². The third-order valence-corrected chi connectivity index (χ3v) is 4.67. The lowest BCUT2D eigenvalue weighted by molar-refractivity contribution is 0.102. The van der Waals surface area contributed by atoms with Gasteiger partial charge in [0, 0.05) is 34.2 Å². The number of aromatic nitrogens is 1. The number of halogens is 1.